The molecule has 0 radical (unpaired) electrons. The molecule has 0 rings (SSSR count). The van der Waals surface area contributed by atoms with E-state index < -0.39 is 0 Å². The summed E-state index contributed by atoms with van der Waals surface area (Å²) in [6, 6.07) is 0. The average molecular weight is 393 g/mol. The van der Waals surface area contributed by atoms with Crippen LogP contribution in [0.15, 0.2) is 24.3 Å². The van der Waals surface area contributed by atoms with Crippen molar-refractivity contribution in [1.82, 2.24) is 0 Å². The lowest BCUT2D eigenvalue weighted by atomic mass is 9.90. The highest BCUT2D eigenvalue weighted by Gasteiger charge is 2.09. The predicted molar refractivity (Wildman–Crippen MR) is 124 cm³/mol. The van der Waals surface area contributed by atoms with Crippen molar-refractivity contribution in [2.45, 2.75) is 124 Å². The van der Waals surface area contributed by atoms with Crippen molar-refractivity contribution in [3.8, 4) is 0 Å². The Bertz CT molecular complexity index is 401. The highest BCUT2D eigenvalue weighted by atomic mass is 16.5. The first-order chi connectivity index (χ1) is 13.5. The predicted octanol–water partition coefficient (Wildman–Crippen LogP) is 8.56. The molecule has 0 aromatic carbocycles. The molecule has 0 N–H and O–H groups in total. The summed E-state index contributed by atoms with van der Waals surface area (Å²) in [5.74, 6) is -0.0126. The van der Waals surface area contributed by atoms with Gasteiger partial charge >= 0.3 is 5.97 Å². The Morgan fingerprint density at radius 2 is 1.36 bits per heavy atom. The molecule has 0 fully saturated rings. The van der Waals surface area contributed by atoms with Crippen LogP contribution in [0.25, 0.3) is 0 Å². The van der Waals surface area contributed by atoms with Crippen molar-refractivity contribution in [2.24, 2.45) is 5.41 Å². The molecule has 0 saturated carbocycles. The van der Waals surface area contributed by atoms with E-state index in [-0.39, 0.29) is 5.97 Å². The molecule has 28 heavy (non-hydrogen) atoms. The molecule has 0 aromatic heterocycles. The van der Waals surface area contributed by atoms with E-state index in [9.17, 15) is 4.79 Å². The van der Waals surface area contributed by atoms with Gasteiger partial charge in [-0.3, -0.25) is 4.79 Å². The number of carbonyl (C=O) groups is 1. The zero-order chi connectivity index (χ0) is 20.9. The molecule has 0 bridgehead atoms. The minimum absolute atomic E-state index is 0.0126. The molecular weight excluding hydrogens is 344 g/mol. The number of esters is 1. The minimum atomic E-state index is -0.0126. The zero-order valence-corrected chi connectivity index (χ0v) is 19.4. The maximum absolute atomic E-state index is 11.7. The third kappa shape index (κ3) is 23.0. The number of allylic oxidation sites excluding steroid dienone is 4. The molecule has 164 valence electrons. The van der Waals surface area contributed by atoms with Gasteiger partial charge in [-0.15, -0.1) is 0 Å². The van der Waals surface area contributed by atoms with Crippen LogP contribution in [-0.4, -0.2) is 12.6 Å². The van der Waals surface area contributed by atoms with E-state index in [2.05, 4.69) is 52.0 Å². The minimum Gasteiger partial charge on any atom is -0.466 e. The van der Waals surface area contributed by atoms with Gasteiger partial charge in [-0.2, -0.15) is 0 Å². The summed E-state index contributed by atoms with van der Waals surface area (Å²) in [6.07, 6.45) is 26.4. The van der Waals surface area contributed by atoms with Crippen LogP contribution in [0.4, 0.5) is 0 Å². The molecular formula is C26H48O2. The van der Waals surface area contributed by atoms with Crippen LogP contribution in [0, 0.1) is 5.41 Å². The van der Waals surface area contributed by atoms with Gasteiger partial charge in [0.2, 0.25) is 0 Å². The average Bonchev–Trinajstić information content (AvgIpc) is 2.63. The van der Waals surface area contributed by atoms with Crippen LogP contribution < -0.4 is 0 Å². The number of rotatable bonds is 18. The molecule has 0 aliphatic carbocycles. The second kappa shape index (κ2) is 19.3. The van der Waals surface area contributed by atoms with Gasteiger partial charge in [0.1, 0.15) is 0 Å². The van der Waals surface area contributed by atoms with Gasteiger partial charge in [0.15, 0.2) is 0 Å². The molecule has 0 atom stereocenters. The largest absolute Gasteiger partial charge is 0.466 e. The molecule has 0 aliphatic rings. The zero-order valence-electron chi connectivity index (χ0n) is 19.4. The van der Waals surface area contributed by atoms with Crippen molar-refractivity contribution in [3.05, 3.63) is 24.3 Å². The molecule has 0 aliphatic heterocycles. The Balaban J connectivity index is 3.32. The molecule has 0 saturated heterocycles. The fourth-order valence-electron chi connectivity index (χ4n) is 3.10. The highest BCUT2D eigenvalue weighted by molar-refractivity contribution is 5.69. The normalized spacial score (nSPS) is 12.3. The molecule has 0 aromatic rings. The van der Waals surface area contributed by atoms with Crippen molar-refractivity contribution in [1.29, 1.82) is 0 Å². The molecule has 0 amide bonds. The van der Waals surface area contributed by atoms with Crippen molar-refractivity contribution < 1.29 is 9.53 Å². The third-order valence-corrected chi connectivity index (χ3v) is 4.92. The van der Waals surface area contributed by atoms with E-state index in [1.807, 2.05) is 0 Å². The Morgan fingerprint density at radius 1 is 0.750 bits per heavy atom. The van der Waals surface area contributed by atoms with Crippen LogP contribution in [0.1, 0.15) is 124 Å². The Labute approximate surface area is 176 Å². The van der Waals surface area contributed by atoms with E-state index in [4.69, 9.17) is 4.74 Å². The fourth-order valence-corrected chi connectivity index (χ4v) is 3.10. The van der Waals surface area contributed by atoms with Crippen LogP contribution in [0.2, 0.25) is 0 Å². The van der Waals surface area contributed by atoms with E-state index in [1.54, 1.807) is 0 Å². The highest BCUT2D eigenvalue weighted by Crippen LogP contribution is 2.21. The van der Waals surface area contributed by atoms with Gasteiger partial charge in [0.25, 0.3) is 0 Å². The second-order valence-electron chi connectivity index (χ2n) is 9.22. The number of ether oxygens (including phenoxy) is 1. The standard InChI is InChI=1S/C26H48O2/c1-5-6-7-8-9-10-11-12-13-14-15-16-17-18-19-22-25(27)28-24-21-20-23-26(2,3)4/h9-10,12-13H,5-8,11,14-24H2,1-4H3/b10-9-,13-12-. The lowest BCUT2D eigenvalue weighted by Gasteiger charge is -2.17. The van der Waals surface area contributed by atoms with Crippen LogP contribution in [0.3, 0.4) is 0 Å². The summed E-state index contributed by atoms with van der Waals surface area (Å²) < 4.78 is 5.32. The van der Waals surface area contributed by atoms with Gasteiger partial charge in [-0.25, -0.2) is 0 Å². The number of hydrogen-bond donors (Lipinski definition) is 0. The number of unbranched alkanes of at least 4 members (excludes halogenated alkanes) is 9. The summed E-state index contributed by atoms with van der Waals surface area (Å²) >= 11 is 0. The van der Waals surface area contributed by atoms with Crippen molar-refractivity contribution in [3.63, 3.8) is 0 Å². The topological polar surface area (TPSA) is 26.3 Å². The van der Waals surface area contributed by atoms with E-state index >= 15 is 0 Å². The van der Waals surface area contributed by atoms with E-state index in [1.165, 1.54) is 57.8 Å². The quantitative estimate of drug-likeness (QED) is 0.133. The molecule has 0 unspecified atom stereocenters. The van der Waals surface area contributed by atoms with Gasteiger partial charge in [0.05, 0.1) is 6.61 Å². The summed E-state index contributed by atoms with van der Waals surface area (Å²) in [7, 11) is 0. The smallest absolute Gasteiger partial charge is 0.305 e. The molecule has 0 heterocycles. The number of carbonyl (C=O) groups excluding carboxylic acids is 1. The first kappa shape index (κ1) is 27.0. The summed E-state index contributed by atoms with van der Waals surface area (Å²) in [5.41, 5.74) is 0.380. The van der Waals surface area contributed by atoms with Crippen molar-refractivity contribution >= 4 is 5.97 Å². The summed E-state index contributed by atoms with van der Waals surface area (Å²) in [4.78, 5) is 11.7. The first-order valence-electron chi connectivity index (χ1n) is 11.9. The fraction of sp³-hybridized carbons (Fsp3) is 0.808. The number of hydrogen-bond acceptors (Lipinski definition) is 2. The second-order valence-corrected chi connectivity index (χ2v) is 9.22. The summed E-state index contributed by atoms with van der Waals surface area (Å²) in [5, 5.41) is 0. The monoisotopic (exact) mass is 392 g/mol. The van der Waals surface area contributed by atoms with Crippen LogP contribution in [-0.2, 0) is 9.53 Å². The Morgan fingerprint density at radius 3 is 2.00 bits per heavy atom. The summed E-state index contributed by atoms with van der Waals surface area (Å²) in [6.45, 7) is 9.60. The maximum Gasteiger partial charge on any atom is 0.305 e. The van der Waals surface area contributed by atoms with Crippen molar-refractivity contribution in [2.75, 3.05) is 6.61 Å². The van der Waals surface area contributed by atoms with Crippen LogP contribution in [0.5, 0.6) is 0 Å². The van der Waals surface area contributed by atoms with E-state index in [0.717, 1.165) is 32.1 Å². The Hall–Kier alpha value is -1.05. The SMILES string of the molecule is CCCCC/C=C\C/C=C\CCCCCCCC(=O)OCCCCC(C)(C)C. The molecule has 2 heteroatoms. The Kier molecular flexibility index (Phi) is 18.6. The maximum atomic E-state index is 11.7. The molecule has 2 nitrogen and oxygen atoms in total. The lowest BCUT2D eigenvalue weighted by Crippen LogP contribution is -2.08. The van der Waals surface area contributed by atoms with Gasteiger partial charge in [-0.05, 0) is 63.2 Å². The van der Waals surface area contributed by atoms with Gasteiger partial charge < -0.3 is 4.74 Å². The lowest BCUT2D eigenvalue weighted by molar-refractivity contribution is -0.143. The third-order valence-electron chi connectivity index (χ3n) is 4.92. The van der Waals surface area contributed by atoms with Crippen LogP contribution >= 0.6 is 0 Å². The van der Waals surface area contributed by atoms with E-state index in [0.29, 0.717) is 18.4 Å². The van der Waals surface area contributed by atoms with Gasteiger partial charge in [-0.1, -0.05) is 84.1 Å². The first-order valence-corrected chi connectivity index (χ1v) is 11.9. The van der Waals surface area contributed by atoms with Gasteiger partial charge in [0, 0.05) is 6.42 Å². The molecule has 0 spiro atoms.